The predicted molar refractivity (Wildman–Crippen MR) is 41.6 cm³/mol. The van der Waals surface area contributed by atoms with E-state index in [1.807, 2.05) is 5.38 Å². The fourth-order valence-electron chi connectivity index (χ4n) is 0.578. The number of esters is 1. The second-order valence-corrected chi connectivity index (χ2v) is 2.76. The first kappa shape index (κ1) is 8.23. The number of methoxy groups -OCH3 is 1. The quantitative estimate of drug-likeness (QED) is 0.512. The van der Waals surface area contributed by atoms with Gasteiger partial charge >= 0.3 is 5.97 Å². The Morgan fingerprint density at radius 1 is 1.73 bits per heavy atom. The summed E-state index contributed by atoms with van der Waals surface area (Å²) in [5.41, 5.74) is 0. The number of rotatable bonds is 3. The van der Waals surface area contributed by atoms with Gasteiger partial charge in [0.1, 0.15) is 4.88 Å². The summed E-state index contributed by atoms with van der Waals surface area (Å²) in [4.78, 5) is 11.6. The van der Waals surface area contributed by atoms with Gasteiger partial charge in [0.15, 0.2) is 6.79 Å². The molecule has 0 bridgehead atoms. The molecular formula is C7H8O3S. The standard InChI is InChI=1S/C7H8O3S/c1-9-5-10-7(8)6-3-2-4-11-6/h2-4H,5H2,1H3. The molecule has 60 valence electrons. The Balaban J connectivity index is 2.43. The Labute approximate surface area is 68.6 Å². The molecule has 0 aliphatic carbocycles. The maximum absolute atomic E-state index is 11.0. The van der Waals surface area contributed by atoms with Crippen LogP contribution in [0.1, 0.15) is 9.67 Å². The van der Waals surface area contributed by atoms with Gasteiger partial charge < -0.3 is 9.47 Å². The highest BCUT2D eigenvalue weighted by Gasteiger charge is 2.05. The van der Waals surface area contributed by atoms with Gasteiger partial charge in [-0.05, 0) is 11.4 Å². The molecule has 0 radical (unpaired) electrons. The number of hydrogen-bond acceptors (Lipinski definition) is 4. The molecule has 1 aromatic rings. The third kappa shape index (κ3) is 2.32. The van der Waals surface area contributed by atoms with Crippen molar-refractivity contribution in [2.24, 2.45) is 0 Å². The molecule has 0 aromatic carbocycles. The fourth-order valence-corrected chi connectivity index (χ4v) is 1.19. The molecule has 0 N–H and O–H groups in total. The second kappa shape index (κ2) is 4.10. The van der Waals surface area contributed by atoms with E-state index in [2.05, 4.69) is 9.47 Å². The zero-order chi connectivity index (χ0) is 8.10. The normalized spacial score (nSPS) is 9.55. The van der Waals surface area contributed by atoms with Gasteiger partial charge in [-0.2, -0.15) is 0 Å². The molecule has 3 nitrogen and oxygen atoms in total. The van der Waals surface area contributed by atoms with Crippen LogP contribution in [0.15, 0.2) is 17.5 Å². The minimum atomic E-state index is -0.332. The van der Waals surface area contributed by atoms with E-state index >= 15 is 0 Å². The maximum Gasteiger partial charge on any atom is 0.350 e. The lowest BCUT2D eigenvalue weighted by atomic mass is 10.5. The molecule has 0 amide bonds. The topological polar surface area (TPSA) is 35.5 Å². The summed E-state index contributed by atoms with van der Waals surface area (Å²) in [6.07, 6.45) is 0. The lowest BCUT2D eigenvalue weighted by Crippen LogP contribution is -2.05. The van der Waals surface area contributed by atoms with Crippen molar-refractivity contribution in [2.45, 2.75) is 0 Å². The molecule has 0 aliphatic rings. The van der Waals surface area contributed by atoms with E-state index in [1.54, 1.807) is 12.1 Å². The van der Waals surface area contributed by atoms with Crippen LogP contribution in [0.3, 0.4) is 0 Å². The van der Waals surface area contributed by atoms with E-state index in [1.165, 1.54) is 18.4 Å². The molecular weight excluding hydrogens is 164 g/mol. The highest BCUT2D eigenvalue weighted by molar-refractivity contribution is 7.11. The Morgan fingerprint density at radius 3 is 3.09 bits per heavy atom. The van der Waals surface area contributed by atoms with E-state index in [-0.39, 0.29) is 12.8 Å². The molecule has 0 saturated heterocycles. The van der Waals surface area contributed by atoms with Crippen LogP contribution in [0, 0.1) is 0 Å². The molecule has 11 heavy (non-hydrogen) atoms. The highest BCUT2D eigenvalue weighted by atomic mass is 32.1. The molecule has 1 rings (SSSR count). The molecule has 4 heteroatoms. The first-order chi connectivity index (χ1) is 5.34. The molecule has 0 unspecified atom stereocenters. The van der Waals surface area contributed by atoms with Crippen molar-refractivity contribution in [1.82, 2.24) is 0 Å². The Hall–Kier alpha value is -0.870. The predicted octanol–water partition coefficient (Wildman–Crippen LogP) is 1.51. The molecule has 0 aliphatic heterocycles. The van der Waals surface area contributed by atoms with Gasteiger partial charge in [0.2, 0.25) is 0 Å². The van der Waals surface area contributed by atoms with Gasteiger partial charge in [-0.15, -0.1) is 11.3 Å². The van der Waals surface area contributed by atoms with Gasteiger partial charge in [-0.25, -0.2) is 4.79 Å². The van der Waals surface area contributed by atoms with Gasteiger partial charge in [-0.1, -0.05) is 6.07 Å². The zero-order valence-electron chi connectivity index (χ0n) is 6.07. The van der Waals surface area contributed by atoms with Crippen LogP contribution >= 0.6 is 11.3 Å². The minimum absolute atomic E-state index is 0.0106. The second-order valence-electron chi connectivity index (χ2n) is 1.82. The number of hydrogen-bond donors (Lipinski definition) is 0. The van der Waals surface area contributed by atoms with Crippen molar-refractivity contribution in [2.75, 3.05) is 13.9 Å². The monoisotopic (exact) mass is 172 g/mol. The summed E-state index contributed by atoms with van der Waals surface area (Å²) in [5, 5.41) is 1.82. The first-order valence-corrected chi connectivity index (χ1v) is 3.92. The van der Waals surface area contributed by atoms with Crippen LogP contribution in [-0.2, 0) is 9.47 Å². The van der Waals surface area contributed by atoms with Crippen molar-refractivity contribution in [1.29, 1.82) is 0 Å². The van der Waals surface area contributed by atoms with Crippen molar-refractivity contribution in [3.05, 3.63) is 22.4 Å². The Bertz CT molecular complexity index is 218. The van der Waals surface area contributed by atoms with Crippen LogP contribution in [0.2, 0.25) is 0 Å². The Kier molecular flexibility index (Phi) is 3.07. The van der Waals surface area contributed by atoms with Gasteiger partial charge in [0.05, 0.1) is 0 Å². The molecule has 0 atom stereocenters. The maximum atomic E-state index is 11.0. The lowest BCUT2D eigenvalue weighted by molar-refractivity contribution is -0.0120. The molecule has 1 aromatic heterocycles. The number of ether oxygens (including phenoxy) is 2. The van der Waals surface area contributed by atoms with Crippen LogP contribution in [-0.4, -0.2) is 19.9 Å². The summed E-state index contributed by atoms with van der Waals surface area (Å²) in [5.74, 6) is -0.332. The summed E-state index contributed by atoms with van der Waals surface area (Å²) >= 11 is 1.35. The van der Waals surface area contributed by atoms with Crippen molar-refractivity contribution in [3.8, 4) is 0 Å². The van der Waals surface area contributed by atoms with Crippen LogP contribution in [0.25, 0.3) is 0 Å². The zero-order valence-corrected chi connectivity index (χ0v) is 6.89. The lowest BCUT2D eigenvalue weighted by Gasteiger charge is -1.98. The smallest absolute Gasteiger partial charge is 0.350 e. The van der Waals surface area contributed by atoms with Crippen LogP contribution in [0.5, 0.6) is 0 Å². The fraction of sp³-hybridized carbons (Fsp3) is 0.286. The average molecular weight is 172 g/mol. The molecule has 0 fully saturated rings. The van der Waals surface area contributed by atoms with E-state index < -0.39 is 0 Å². The van der Waals surface area contributed by atoms with Gasteiger partial charge in [0.25, 0.3) is 0 Å². The molecule has 1 heterocycles. The van der Waals surface area contributed by atoms with E-state index in [0.717, 1.165) is 0 Å². The van der Waals surface area contributed by atoms with Gasteiger partial charge in [0, 0.05) is 7.11 Å². The molecule has 0 spiro atoms. The summed E-state index contributed by atoms with van der Waals surface area (Å²) in [7, 11) is 1.47. The SMILES string of the molecule is COCOC(=O)c1cccs1. The number of carbonyl (C=O) groups is 1. The summed E-state index contributed by atoms with van der Waals surface area (Å²) in [6.45, 7) is 0.0106. The van der Waals surface area contributed by atoms with E-state index in [0.29, 0.717) is 4.88 Å². The first-order valence-electron chi connectivity index (χ1n) is 3.04. The summed E-state index contributed by atoms with van der Waals surface area (Å²) in [6, 6.07) is 3.51. The van der Waals surface area contributed by atoms with Crippen molar-refractivity contribution >= 4 is 17.3 Å². The van der Waals surface area contributed by atoms with Crippen LogP contribution in [0.4, 0.5) is 0 Å². The number of carbonyl (C=O) groups excluding carboxylic acids is 1. The third-order valence-electron chi connectivity index (χ3n) is 1.03. The van der Waals surface area contributed by atoms with Gasteiger partial charge in [-0.3, -0.25) is 0 Å². The Morgan fingerprint density at radius 2 is 2.55 bits per heavy atom. The van der Waals surface area contributed by atoms with Crippen LogP contribution < -0.4 is 0 Å². The highest BCUT2D eigenvalue weighted by Crippen LogP contribution is 2.09. The van der Waals surface area contributed by atoms with Crippen molar-refractivity contribution in [3.63, 3.8) is 0 Å². The van der Waals surface area contributed by atoms with E-state index in [9.17, 15) is 4.79 Å². The average Bonchev–Trinajstić information content (AvgIpc) is 2.52. The third-order valence-corrected chi connectivity index (χ3v) is 1.88. The van der Waals surface area contributed by atoms with Crippen molar-refractivity contribution < 1.29 is 14.3 Å². The summed E-state index contributed by atoms with van der Waals surface area (Å²) < 4.78 is 9.26. The van der Waals surface area contributed by atoms with E-state index in [4.69, 9.17) is 0 Å². The minimum Gasteiger partial charge on any atom is -0.434 e. The largest absolute Gasteiger partial charge is 0.434 e. The molecule has 0 saturated carbocycles. The number of thiophene rings is 1.